The first-order chi connectivity index (χ1) is 15.0. The molecule has 0 spiro atoms. The molecule has 4 aliphatic rings. The third kappa shape index (κ3) is 3.91. The summed E-state index contributed by atoms with van der Waals surface area (Å²) in [7, 11) is 1.69. The Morgan fingerprint density at radius 1 is 1.16 bits per heavy atom. The summed E-state index contributed by atoms with van der Waals surface area (Å²) in [5, 5.41) is 12.8. The largest absolute Gasteiger partial charge is 0.480 e. The highest BCUT2D eigenvalue weighted by Gasteiger charge is 2.54. The van der Waals surface area contributed by atoms with Crippen LogP contribution in [0.1, 0.15) is 11.1 Å². The maximum absolute atomic E-state index is 10.9. The van der Waals surface area contributed by atoms with Crippen LogP contribution in [0.4, 0.5) is 5.95 Å². The van der Waals surface area contributed by atoms with Crippen molar-refractivity contribution in [2.45, 2.75) is 18.0 Å². The van der Waals surface area contributed by atoms with Gasteiger partial charge in [0.1, 0.15) is 6.54 Å². The zero-order chi connectivity index (χ0) is 21.4. The van der Waals surface area contributed by atoms with Crippen LogP contribution in [0.2, 0.25) is 0 Å². The van der Waals surface area contributed by atoms with E-state index >= 15 is 0 Å². The van der Waals surface area contributed by atoms with E-state index in [1.165, 1.54) is 10.5 Å². The van der Waals surface area contributed by atoms with Gasteiger partial charge in [-0.05, 0) is 5.56 Å². The van der Waals surface area contributed by atoms with Crippen molar-refractivity contribution < 1.29 is 9.90 Å². The fourth-order valence-corrected chi connectivity index (χ4v) is 5.81. The Balaban J connectivity index is 1.35. The Kier molecular flexibility index (Phi) is 5.37. The van der Waals surface area contributed by atoms with Crippen molar-refractivity contribution in [3.8, 4) is 0 Å². The molecule has 31 heavy (non-hydrogen) atoms. The number of anilines is 1. The van der Waals surface area contributed by atoms with Crippen LogP contribution in [0, 0.1) is 5.92 Å². The standard InChI is InChI=1S/C23H30N6O2/c1-27(14-20(30)31)22-25-10-17(11-26-22)9-24-21-18-12-28-7-8-29(13-18)16-23(21,15-28)19-5-3-2-4-6-19/h2-6,10-11,18,21,24H,7-9,12-16H2,1H3,(H,30,31). The van der Waals surface area contributed by atoms with Crippen molar-refractivity contribution >= 4 is 11.9 Å². The first-order valence-electron chi connectivity index (χ1n) is 11.0. The molecule has 4 bridgehead atoms. The molecule has 3 atom stereocenters. The zero-order valence-corrected chi connectivity index (χ0v) is 17.9. The molecule has 2 N–H and O–H groups in total. The molecule has 8 nitrogen and oxygen atoms in total. The van der Waals surface area contributed by atoms with Crippen molar-refractivity contribution in [2.24, 2.45) is 5.92 Å². The molecule has 6 rings (SSSR count). The number of likely N-dealkylation sites (N-methyl/N-ethyl adjacent to an activating group) is 1. The van der Waals surface area contributed by atoms with Gasteiger partial charge in [0, 0.05) is 88.2 Å². The third-order valence-corrected chi connectivity index (χ3v) is 7.08. The van der Waals surface area contributed by atoms with Gasteiger partial charge >= 0.3 is 5.97 Å². The maximum Gasteiger partial charge on any atom is 0.323 e. The first-order valence-corrected chi connectivity index (χ1v) is 11.0. The molecule has 164 valence electrons. The smallest absolute Gasteiger partial charge is 0.323 e. The van der Waals surface area contributed by atoms with Gasteiger partial charge in [-0.15, -0.1) is 0 Å². The number of carboxylic acids is 1. The van der Waals surface area contributed by atoms with Crippen molar-refractivity contribution in [3.63, 3.8) is 0 Å². The molecule has 0 amide bonds. The molecule has 4 fully saturated rings. The summed E-state index contributed by atoms with van der Waals surface area (Å²) in [6, 6.07) is 11.4. The van der Waals surface area contributed by atoms with E-state index in [9.17, 15) is 4.79 Å². The molecular weight excluding hydrogens is 392 g/mol. The predicted octanol–water partition coefficient (Wildman–Crippen LogP) is 0.655. The second kappa shape index (κ2) is 8.18. The van der Waals surface area contributed by atoms with E-state index in [4.69, 9.17) is 5.11 Å². The van der Waals surface area contributed by atoms with Crippen LogP contribution in [0.25, 0.3) is 0 Å². The number of hydrogen-bond acceptors (Lipinski definition) is 7. The second-order valence-electron chi connectivity index (χ2n) is 9.25. The van der Waals surface area contributed by atoms with Crippen molar-refractivity contribution in [3.05, 3.63) is 53.9 Å². The average Bonchev–Trinajstić information content (AvgIpc) is 3.02. The predicted molar refractivity (Wildman–Crippen MR) is 118 cm³/mol. The quantitative estimate of drug-likeness (QED) is 0.673. The maximum atomic E-state index is 10.9. The van der Waals surface area contributed by atoms with Gasteiger partial charge in [-0.1, -0.05) is 30.3 Å². The monoisotopic (exact) mass is 422 g/mol. The normalized spacial score (nSPS) is 31.4. The molecule has 1 aromatic heterocycles. The van der Waals surface area contributed by atoms with E-state index in [0.29, 0.717) is 24.5 Å². The van der Waals surface area contributed by atoms with E-state index in [1.807, 2.05) is 0 Å². The number of rotatable bonds is 7. The number of benzene rings is 1. The van der Waals surface area contributed by atoms with Gasteiger partial charge in [-0.3, -0.25) is 4.79 Å². The number of aromatic nitrogens is 2. The number of carboxylic acid groups (broad SMARTS) is 1. The Morgan fingerprint density at radius 3 is 2.42 bits per heavy atom. The number of hydrogen-bond donors (Lipinski definition) is 2. The van der Waals surface area contributed by atoms with Crippen molar-refractivity contribution in [1.29, 1.82) is 0 Å². The van der Waals surface area contributed by atoms with Crippen molar-refractivity contribution in [2.75, 3.05) is 57.8 Å². The van der Waals surface area contributed by atoms with Gasteiger partial charge in [0.05, 0.1) is 0 Å². The molecule has 0 radical (unpaired) electrons. The van der Waals surface area contributed by atoms with Gasteiger partial charge in [-0.25, -0.2) is 9.97 Å². The van der Waals surface area contributed by atoms with Crippen LogP contribution in [0.5, 0.6) is 0 Å². The Bertz CT molecular complexity index is 905. The summed E-state index contributed by atoms with van der Waals surface area (Å²) in [5.74, 6) is 0.123. The van der Waals surface area contributed by atoms with Crippen molar-refractivity contribution in [1.82, 2.24) is 25.1 Å². The summed E-state index contributed by atoms with van der Waals surface area (Å²) < 4.78 is 0. The molecule has 8 heteroatoms. The summed E-state index contributed by atoms with van der Waals surface area (Å²) in [4.78, 5) is 26.5. The Hall–Kier alpha value is -2.55. The van der Waals surface area contributed by atoms with Crippen LogP contribution in [-0.4, -0.2) is 89.7 Å². The van der Waals surface area contributed by atoms with Gasteiger partial charge < -0.3 is 25.1 Å². The molecule has 4 saturated heterocycles. The first kappa shape index (κ1) is 20.4. The lowest BCUT2D eigenvalue weighted by Gasteiger charge is -2.56. The topological polar surface area (TPSA) is 84.8 Å². The molecule has 0 saturated carbocycles. The van der Waals surface area contributed by atoms with E-state index in [0.717, 1.165) is 44.8 Å². The molecule has 1 aromatic carbocycles. The highest BCUT2D eigenvalue weighted by atomic mass is 16.4. The highest BCUT2D eigenvalue weighted by Crippen LogP contribution is 2.43. The van der Waals surface area contributed by atoms with Gasteiger partial charge in [0.25, 0.3) is 0 Å². The van der Waals surface area contributed by atoms with Crippen LogP contribution < -0.4 is 10.2 Å². The molecular formula is C23H30N6O2. The van der Waals surface area contributed by atoms with Gasteiger partial charge in [0.15, 0.2) is 0 Å². The van der Waals surface area contributed by atoms with Crippen LogP contribution >= 0.6 is 0 Å². The minimum atomic E-state index is -0.896. The molecule has 2 aromatic rings. The van der Waals surface area contributed by atoms with Crippen LogP contribution in [-0.2, 0) is 16.8 Å². The SMILES string of the molecule is CN(CC(=O)O)c1ncc(CNC2C3CN4CCN(C3)CC2(c2ccccc2)C4)cn1. The summed E-state index contributed by atoms with van der Waals surface area (Å²) >= 11 is 0. The minimum Gasteiger partial charge on any atom is -0.480 e. The number of carbonyl (C=O) groups is 1. The lowest BCUT2D eigenvalue weighted by molar-refractivity contribution is -0.135. The average molecular weight is 423 g/mol. The second-order valence-corrected chi connectivity index (χ2v) is 9.25. The molecule has 0 aliphatic carbocycles. The van der Waals surface area contributed by atoms with Gasteiger partial charge in [0.2, 0.25) is 5.95 Å². The third-order valence-electron chi connectivity index (χ3n) is 7.08. The highest BCUT2D eigenvalue weighted by molar-refractivity contribution is 5.72. The van der Waals surface area contributed by atoms with E-state index < -0.39 is 5.97 Å². The van der Waals surface area contributed by atoms with Gasteiger partial charge in [-0.2, -0.15) is 0 Å². The fraction of sp³-hybridized carbons (Fsp3) is 0.522. The van der Waals surface area contributed by atoms with E-state index in [-0.39, 0.29) is 12.0 Å². The lowest BCUT2D eigenvalue weighted by Crippen LogP contribution is -2.69. The Labute approximate surface area is 182 Å². The molecule has 3 unspecified atom stereocenters. The molecule has 5 heterocycles. The zero-order valence-electron chi connectivity index (χ0n) is 17.9. The number of piperidine rings is 2. The molecule has 4 aliphatic heterocycles. The number of nitrogens with one attached hydrogen (secondary N) is 1. The van der Waals surface area contributed by atoms with Crippen LogP contribution in [0.15, 0.2) is 42.7 Å². The minimum absolute atomic E-state index is 0.0848. The van der Waals surface area contributed by atoms with E-state index in [1.54, 1.807) is 19.4 Å². The Morgan fingerprint density at radius 2 is 1.81 bits per heavy atom. The summed E-state index contributed by atoms with van der Waals surface area (Å²) in [6.07, 6.45) is 3.61. The number of fused-ring (bicyclic) bond motifs is 1. The summed E-state index contributed by atoms with van der Waals surface area (Å²) in [5.41, 5.74) is 2.53. The fourth-order valence-electron chi connectivity index (χ4n) is 5.81. The van der Waals surface area contributed by atoms with E-state index in [2.05, 4.69) is 55.4 Å². The summed E-state index contributed by atoms with van der Waals surface area (Å²) in [6.45, 7) is 7.41. The lowest BCUT2D eigenvalue weighted by atomic mass is 9.64. The number of aliphatic carboxylic acids is 1. The number of nitrogens with zero attached hydrogens (tertiary/aromatic N) is 5. The van der Waals surface area contributed by atoms with Crippen LogP contribution in [0.3, 0.4) is 0 Å².